The average molecular weight is 254 g/mol. The van der Waals surface area contributed by atoms with Gasteiger partial charge in [0, 0.05) is 10.4 Å². The van der Waals surface area contributed by atoms with Crippen LogP contribution in [-0.4, -0.2) is 16.2 Å². The van der Waals surface area contributed by atoms with Crippen LogP contribution >= 0.6 is 11.6 Å². The SMILES string of the molecule is Cc1c(OC(=O)O)c2cc(Cl)ccc2[nH]c1=O. The summed E-state index contributed by atoms with van der Waals surface area (Å²) in [4.78, 5) is 24.8. The molecule has 5 nitrogen and oxygen atoms in total. The van der Waals surface area contributed by atoms with E-state index < -0.39 is 11.7 Å². The second-order valence-electron chi connectivity index (χ2n) is 3.47. The molecule has 17 heavy (non-hydrogen) atoms. The number of rotatable bonds is 1. The molecular formula is C11H8ClNO4. The maximum absolute atomic E-state index is 11.6. The van der Waals surface area contributed by atoms with Crippen molar-refractivity contribution in [3.8, 4) is 5.75 Å². The highest BCUT2D eigenvalue weighted by atomic mass is 35.5. The fourth-order valence-corrected chi connectivity index (χ4v) is 1.73. The van der Waals surface area contributed by atoms with Crippen molar-refractivity contribution in [2.75, 3.05) is 0 Å². The second-order valence-corrected chi connectivity index (χ2v) is 3.90. The van der Waals surface area contributed by atoms with E-state index in [1.165, 1.54) is 13.0 Å². The number of carboxylic acid groups (broad SMARTS) is 1. The molecule has 88 valence electrons. The number of nitrogens with one attached hydrogen (secondary N) is 1. The van der Waals surface area contributed by atoms with Gasteiger partial charge in [0.05, 0.1) is 11.1 Å². The first-order valence-corrected chi connectivity index (χ1v) is 5.10. The van der Waals surface area contributed by atoms with Gasteiger partial charge in [-0.1, -0.05) is 11.6 Å². The van der Waals surface area contributed by atoms with Crippen LogP contribution in [0.4, 0.5) is 4.79 Å². The molecule has 0 radical (unpaired) electrons. The van der Waals surface area contributed by atoms with E-state index >= 15 is 0 Å². The van der Waals surface area contributed by atoms with Crippen molar-refractivity contribution in [3.05, 3.63) is 39.1 Å². The zero-order chi connectivity index (χ0) is 12.6. The fourth-order valence-electron chi connectivity index (χ4n) is 1.55. The Bertz CT molecular complexity index is 662. The molecule has 0 bridgehead atoms. The number of hydrogen-bond donors (Lipinski definition) is 2. The summed E-state index contributed by atoms with van der Waals surface area (Å²) in [5, 5.41) is 9.53. The van der Waals surface area contributed by atoms with Crippen LogP contribution in [0.1, 0.15) is 5.56 Å². The van der Waals surface area contributed by atoms with E-state index in [1.807, 2.05) is 0 Å². The number of hydrogen-bond acceptors (Lipinski definition) is 3. The Morgan fingerprint density at radius 1 is 1.47 bits per heavy atom. The van der Waals surface area contributed by atoms with Crippen LogP contribution in [0.15, 0.2) is 23.0 Å². The molecule has 6 heteroatoms. The van der Waals surface area contributed by atoms with Gasteiger partial charge < -0.3 is 14.8 Å². The summed E-state index contributed by atoms with van der Waals surface area (Å²) in [5.74, 6) is 0.0127. The van der Waals surface area contributed by atoms with Crippen LogP contribution in [0.25, 0.3) is 10.9 Å². The minimum atomic E-state index is -1.47. The first-order chi connectivity index (χ1) is 7.99. The van der Waals surface area contributed by atoms with Gasteiger partial charge in [-0.05, 0) is 25.1 Å². The first-order valence-electron chi connectivity index (χ1n) is 4.72. The zero-order valence-electron chi connectivity index (χ0n) is 8.78. The first kappa shape index (κ1) is 11.5. The third-order valence-electron chi connectivity index (χ3n) is 2.34. The number of pyridine rings is 1. The van der Waals surface area contributed by atoms with E-state index in [1.54, 1.807) is 12.1 Å². The summed E-state index contributed by atoms with van der Waals surface area (Å²) in [5.41, 5.74) is 0.277. The summed E-state index contributed by atoms with van der Waals surface area (Å²) < 4.78 is 4.63. The molecular weight excluding hydrogens is 246 g/mol. The Hall–Kier alpha value is -2.01. The molecule has 0 aliphatic rings. The van der Waals surface area contributed by atoms with E-state index in [0.29, 0.717) is 15.9 Å². The Kier molecular flexibility index (Phi) is 2.77. The molecule has 0 atom stereocenters. The molecule has 0 aliphatic carbocycles. The van der Waals surface area contributed by atoms with Gasteiger partial charge in [0.2, 0.25) is 0 Å². The number of halogens is 1. The molecule has 2 rings (SSSR count). The van der Waals surface area contributed by atoms with Gasteiger partial charge in [-0.25, -0.2) is 4.79 Å². The highest BCUT2D eigenvalue weighted by molar-refractivity contribution is 6.31. The minimum absolute atomic E-state index is 0.0127. The summed E-state index contributed by atoms with van der Waals surface area (Å²) in [6.45, 7) is 1.48. The maximum atomic E-state index is 11.6. The fraction of sp³-hybridized carbons (Fsp3) is 0.0909. The van der Waals surface area contributed by atoms with Crippen LogP contribution in [0.5, 0.6) is 5.75 Å². The summed E-state index contributed by atoms with van der Waals surface area (Å²) >= 11 is 5.82. The smallest absolute Gasteiger partial charge is 0.449 e. The number of H-pyrrole nitrogens is 1. The van der Waals surface area contributed by atoms with Crippen molar-refractivity contribution < 1.29 is 14.6 Å². The third kappa shape index (κ3) is 2.09. The Morgan fingerprint density at radius 3 is 2.82 bits per heavy atom. The average Bonchev–Trinajstić information content (AvgIpc) is 2.25. The van der Waals surface area contributed by atoms with Crippen molar-refractivity contribution in [2.24, 2.45) is 0 Å². The molecule has 0 amide bonds. The van der Waals surface area contributed by atoms with E-state index in [9.17, 15) is 9.59 Å². The predicted molar refractivity (Wildman–Crippen MR) is 63.0 cm³/mol. The Morgan fingerprint density at radius 2 is 2.18 bits per heavy atom. The van der Waals surface area contributed by atoms with Crippen molar-refractivity contribution in [1.29, 1.82) is 0 Å². The normalized spacial score (nSPS) is 10.5. The van der Waals surface area contributed by atoms with Crippen molar-refractivity contribution in [3.63, 3.8) is 0 Å². The van der Waals surface area contributed by atoms with Gasteiger partial charge in [0.15, 0.2) is 5.75 Å². The molecule has 0 saturated carbocycles. The number of aromatic amines is 1. The summed E-state index contributed by atoms with van der Waals surface area (Å²) in [6.07, 6.45) is -1.47. The van der Waals surface area contributed by atoms with Crippen molar-refractivity contribution in [2.45, 2.75) is 6.92 Å². The standard InChI is InChI=1S/C11H8ClNO4/c1-5-9(17-11(15)16)7-4-6(12)2-3-8(7)13-10(5)14/h2-4H,1H3,(H,13,14)(H,15,16). The Balaban J connectivity index is 2.84. The van der Waals surface area contributed by atoms with Crippen LogP contribution in [0.3, 0.4) is 0 Å². The number of fused-ring (bicyclic) bond motifs is 1. The lowest BCUT2D eigenvalue weighted by atomic mass is 10.1. The second kappa shape index (κ2) is 4.10. The lowest BCUT2D eigenvalue weighted by Gasteiger charge is -2.08. The molecule has 0 unspecified atom stereocenters. The summed E-state index contributed by atoms with van der Waals surface area (Å²) in [7, 11) is 0. The largest absolute Gasteiger partial charge is 0.511 e. The molecule has 1 heterocycles. The molecule has 0 spiro atoms. The molecule has 0 aliphatic heterocycles. The van der Waals surface area contributed by atoms with Gasteiger partial charge in [0.1, 0.15) is 0 Å². The predicted octanol–water partition coefficient (Wildman–Crippen LogP) is 2.55. The monoisotopic (exact) mass is 253 g/mol. The highest BCUT2D eigenvalue weighted by Crippen LogP contribution is 2.28. The van der Waals surface area contributed by atoms with E-state index in [0.717, 1.165) is 0 Å². The van der Waals surface area contributed by atoms with Crippen LogP contribution in [-0.2, 0) is 0 Å². The van der Waals surface area contributed by atoms with Crippen LogP contribution in [0, 0.1) is 6.92 Å². The lowest BCUT2D eigenvalue weighted by Crippen LogP contribution is -2.14. The van der Waals surface area contributed by atoms with Gasteiger partial charge >= 0.3 is 6.16 Å². The number of aromatic nitrogens is 1. The van der Waals surface area contributed by atoms with Gasteiger partial charge in [-0.3, -0.25) is 4.79 Å². The van der Waals surface area contributed by atoms with Gasteiger partial charge in [0.25, 0.3) is 5.56 Å². The minimum Gasteiger partial charge on any atom is -0.449 e. The molecule has 2 aromatic rings. The molecule has 0 saturated heterocycles. The highest BCUT2D eigenvalue weighted by Gasteiger charge is 2.13. The van der Waals surface area contributed by atoms with E-state index in [4.69, 9.17) is 16.7 Å². The van der Waals surface area contributed by atoms with Crippen LogP contribution in [0.2, 0.25) is 5.02 Å². The maximum Gasteiger partial charge on any atom is 0.511 e. The number of benzene rings is 1. The van der Waals surface area contributed by atoms with Gasteiger partial charge in [-0.2, -0.15) is 0 Å². The third-order valence-corrected chi connectivity index (χ3v) is 2.58. The van der Waals surface area contributed by atoms with Gasteiger partial charge in [-0.15, -0.1) is 0 Å². The molecule has 1 aromatic carbocycles. The topological polar surface area (TPSA) is 79.4 Å². The van der Waals surface area contributed by atoms with E-state index in [2.05, 4.69) is 9.72 Å². The quantitative estimate of drug-likeness (QED) is 0.766. The number of carbonyl (C=O) groups is 1. The van der Waals surface area contributed by atoms with Crippen molar-refractivity contribution in [1.82, 2.24) is 4.98 Å². The Labute approximate surface area is 101 Å². The summed E-state index contributed by atoms with van der Waals surface area (Å²) in [6, 6.07) is 4.73. The van der Waals surface area contributed by atoms with E-state index in [-0.39, 0.29) is 11.3 Å². The number of ether oxygens (including phenoxy) is 1. The van der Waals surface area contributed by atoms with Crippen LogP contribution < -0.4 is 10.3 Å². The zero-order valence-corrected chi connectivity index (χ0v) is 9.54. The molecule has 2 N–H and O–H groups in total. The lowest BCUT2D eigenvalue weighted by molar-refractivity contribution is 0.144. The van der Waals surface area contributed by atoms with Crippen molar-refractivity contribution >= 4 is 28.7 Å². The molecule has 1 aromatic heterocycles. The molecule has 0 fully saturated rings.